The number of carbonyl (C=O) groups is 2. The highest BCUT2D eigenvalue weighted by Gasteiger charge is 2.48. The summed E-state index contributed by atoms with van der Waals surface area (Å²) in [4.78, 5) is 26.2. The lowest BCUT2D eigenvalue weighted by molar-refractivity contribution is 0.0444. The van der Waals surface area contributed by atoms with Crippen LogP contribution in [-0.2, 0) is 20.5 Å². The molecular formula is C41H38O5. The molecule has 0 aromatic heterocycles. The maximum atomic E-state index is 13.3. The fraction of sp³-hybridized carbons (Fsp3) is 0.268. The van der Waals surface area contributed by atoms with Gasteiger partial charge in [-0.25, -0.2) is 9.59 Å². The Bertz CT molecular complexity index is 2090. The van der Waals surface area contributed by atoms with E-state index in [2.05, 4.69) is 82.9 Å². The van der Waals surface area contributed by atoms with Gasteiger partial charge in [0.05, 0.1) is 18.2 Å². The second kappa shape index (κ2) is 10.6. The first-order chi connectivity index (χ1) is 22.0. The van der Waals surface area contributed by atoms with Gasteiger partial charge in [0, 0.05) is 32.9 Å². The van der Waals surface area contributed by atoms with E-state index in [1.165, 1.54) is 0 Å². The van der Waals surface area contributed by atoms with Crippen LogP contribution in [0.3, 0.4) is 0 Å². The summed E-state index contributed by atoms with van der Waals surface area (Å²) < 4.78 is 18.0. The number of carbonyl (C=O) groups excluding carboxylic acids is 2. The normalized spacial score (nSPS) is 21.7. The van der Waals surface area contributed by atoms with E-state index in [9.17, 15) is 9.59 Å². The molecule has 0 N–H and O–H groups in total. The molecule has 2 aliphatic heterocycles. The lowest BCUT2D eigenvalue weighted by atomic mass is 9.76. The summed E-state index contributed by atoms with van der Waals surface area (Å²) in [6.45, 7) is 14.6. The minimum Gasteiger partial charge on any atom is -0.497 e. The van der Waals surface area contributed by atoms with E-state index in [1.807, 2.05) is 37.3 Å². The van der Waals surface area contributed by atoms with Gasteiger partial charge in [0.1, 0.15) is 11.5 Å². The first-order valence-electron chi connectivity index (χ1n) is 16.0. The van der Waals surface area contributed by atoms with Crippen LogP contribution in [0.5, 0.6) is 5.75 Å². The molecule has 2 unspecified atom stereocenters. The Balaban J connectivity index is 1.57. The summed E-state index contributed by atoms with van der Waals surface area (Å²) >= 11 is 0. The van der Waals surface area contributed by atoms with Crippen molar-refractivity contribution >= 4 is 30.2 Å². The van der Waals surface area contributed by atoms with Crippen LogP contribution in [0.1, 0.15) is 89.1 Å². The largest absolute Gasteiger partial charge is 0.497 e. The van der Waals surface area contributed by atoms with Gasteiger partial charge in [-0.05, 0) is 65.3 Å². The van der Waals surface area contributed by atoms with Crippen LogP contribution in [0.4, 0.5) is 0 Å². The summed E-state index contributed by atoms with van der Waals surface area (Å²) in [6, 6.07) is 12.4. The average Bonchev–Trinajstić information content (AvgIpc) is 3.48. The maximum Gasteiger partial charge on any atom is 0.347 e. The fourth-order valence-electron chi connectivity index (χ4n) is 7.73. The first kappa shape index (κ1) is 29.8. The highest BCUT2D eigenvalue weighted by Crippen LogP contribution is 2.55. The number of ether oxygens (including phenoxy) is 3. The molecule has 5 nitrogen and oxygen atoms in total. The Hall–Kier alpha value is -4.90. The number of fused-ring (bicyclic) bond motifs is 10. The van der Waals surface area contributed by atoms with Crippen LogP contribution in [-0.4, -0.2) is 19.0 Å². The minimum atomic E-state index is -0.919. The second-order valence-electron chi connectivity index (χ2n) is 13.2. The van der Waals surface area contributed by atoms with Crippen molar-refractivity contribution in [2.24, 2.45) is 5.92 Å². The van der Waals surface area contributed by atoms with E-state index in [-0.39, 0.29) is 5.92 Å². The Labute approximate surface area is 269 Å². The summed E-state index contributed by atoms with van der Waals surface area (Å²) in [5, 5.41) is 2.05. The molecule has 0 saturated carbocycles. The number of cyclic esters (lactones) is 2. The Morgan fingerprint density at radius 3 is 2.50 bits per heavy atom. The monoisotopic (exact) mass is 610 g/mol. The van der Waals surface area contributed by atoms with Gasteiger partial charge in [0.2, 0.25) is 0 Å². The van der Waals surface area contributed by atoms with Crippen molar-refractivity contribution < 1.29 is 23.8 Å². The molecule has 0 bridgehead atoms. The van der Waals surface area contributed by atoms with Crippen LogP contribution >= 0.6 is 0 Å². The zero-order valence-electron chi connectivity index (χ0n) is 27.2. The summed E-state index contributed by atoms with van der Waals surface area (Å²) in [5.74, 6) is 0.508. The highest BCUT2D eigenvalue weighted by molar-refractivity contribution is 6.20. The zero-order valence-corrected chi connectivity index (χ0v) is 27.2. The molecule has 46 heavy (non-hydrogen) atoms. The van der Waals surface area contributed by atoms with Crippen LogP contribution in [0.2, 0.25) is 0 Å². The van der Waals surface area contributed by atoms with E-state index in [0.29, 0.717) is 16.9 Å². The SMILES string of the molecule is C=C(/C=C\C(=C/CC)C1(c2ccccc2)C=Cc2c3c(c4c(c2O1)=CCC(C)C=4)-c1c(cc(C)c2c1C(=O)OC2=O)C3(C)C)OC. The van der Waals surface area contributed by atoms with Crippen molar-refractivity contribution in [3.05, 3.63) is 128 Å². The Morgan fingerprint density at radius 2 is 1.78 bits per heavy atom. The molecule has 2 heterocycles. The lowest BCUT2D eigenvalue weighted by Gasteiger charge is -2.39. The third kappa shape index (κ3) is 4.14. The molecular weight excluding hydrogens is 572 g/mol. The van der Waals surface area contributed by atoms with Gasteiger partial charge in [-0.1, -0.05) is 101 Å². The van der Waals surface area contributed by atoms with Gasteiger partial charge in [-0.3, -0.25) is 0 Å². The number of rotatable bonds is 6. The minimum absolute atomic E-state index is 0.283. The third-order valence-corrected chi connectivity index (χ3v) is 9.89. The van der Waals surface area contributed by atoms with Crippen molar-refractivity contribution in [1.82, 2.24) is 0 Å². The predicted molar refractivity (Wildman–Crippen MR) is 182 cm³/mol. The predicted octanol–water partition coefficient (Wildman–Crippen LogP) is 7.57. The topological polar surface area (TPSA) is 61.8 Å². The number of hydrogen-bond acceptors (Lipinski definition) is 5. The van der Waals surface area contributed by atoms with E-state index < -0.39 is 23.0 Å². The molecule has 0 spiro atoms. The summed E-state index contributed by atoms with van der Waals surface area (Å²) in [6.07, 6.45) is 16.7. The van der Waals surface area contributed by atoms with Crippen molar-refractivity contribution in [3.63, 3.8) is 0 Å². The van der Waals surface area contributed by atoms with E-state index in [1.54, 1.807) is 7.11 Å². The van der Waals surface area contributed by atoms with Gasteiger partial charge in [0.25, 0.3) is 0 Å². The molecule has 2 aliphatic carbocycles. The molecule has 232 valence electrons. The molecule has 0 radical (unpaired) electrons. The molecule has 0 saturated heterocycles. The fourth-order valence-corrected chi connectivity index (χ4v) is 7.73. The number of methoxy groups -OCH3 is 1. The molecule has 2 atom stereocenters. The third-order valence-electron chi connectivity index (χ3n) is 9.89. The molecule has 3 aromatic rings. The Morgan fingerprint density at radius 1 is 1.04 bits per heavy atom. The summed E-state index contributed by atoms with van der Waals surface area (Å²) in [7, 11) is 1.61. The van der Waals surface area contributed by atoms with Gasteiger partial charge < -0.3 is 14.2 Å². The second-order valence-corrected chi connectivity index (χ2v) is 13.2. The Kier molecular flexibility index (Phi) is 6.86. The quantitative estimate of drug-likeness (QED) is 0.125. The van der Waals surface area contributed by atoms with E-state index >= 15 is 0 Å². The number of allylic oxidation sites excluding steroid dienone is 2. The first-order valence-corrected chi connectivity index (χ1v) is 16.0. The van der Waals surface area contributed by atoms with Gasteiger partial charge in [-0.15, -0.1) is 0 Å². The van der Waals surface area contributed by atoms with Crippen LogP contribution < -0.4 is 15.2 Å². The summed E-state index contributed by atoms with van der Waals surface area (Å²) in [5.41, 5.74) is 7.01. The molecule has 7 rings (SSSR count). The average molecular weight is 611 g/mol. The molecule has 0 amide bonds. The molecule has 5 heteroatoms. The van der Waals surface area contributed by atoms with Gasteiger partial charge in [0.15, 0.2) is 5.60 Å². The van der Waals surface area contributed by atoms with Crippen molar-refractivity contribution in [2.75, 3.05) is 7.11 Å². The van der Waals surface area contributed by atoms with Gasteiger partial charge >= 0.3 is 11.9 Å². The van der Waals surface area contributed by atoms with Crippen molar-refractivity contribution in [3.8, 4) is 16.9 Å². The maximum absolute atomic E-state index is 13.3. The van der Waals surface area contributed by atoms with Gasteiger partial charge in [-0.2, -0.15) is 0 Å². The number of esters is 2. The molecule has 4 aliphatic rings. The number of hydrogen-bond donors (Lipinski definition) is 0. The van der Waals surface area contributed by atoms with Crippen LogP contribution in [0.15, 0.2) is 78.6 Å². The zero-order chi connectivity index (χ0) is 32.5. The molecule has 0 fully saturated rings. The number of aryl methyl sites for hydroxylation is 1. The van der Waals surface area contributed by atoms with E-state index in [0.717, 1.165) is 73.5 Å². The number of benzene rings is 3. The molecule has 3 aromatic carbocycles. The smallest absolute Gasteiger partial charge is 0.347 e. The highest BCUT2D eigenvalue weighted by atomic mass is 16.6. The lowest BCUT2D eigenvalue weighted by Crippen LogP contribution is -2.42. The van der Waals surface area contributed by atoms with Crippen LogP contribution in [0.25, 0.3) is 29.4 Å². The van der Waals surface area contributed by atoms with E-state index in [4.69, 9.17) is 14.2 Å². The standard InChI is InChI=1S/C41H38O5/c1-8-12-26(17-16-25(4)44-7)41(27-13-10-9-11-14-27)20-19-29-36-33(30-21-23(2)15-18-28(30)37(29)46-41)34-31(40(36,5)6)22-24(3)32-35(34)39(43)45-38(32)42/h9-14,16-23H,4,8,15H2,1-3,5-7H3/b17-16-,26-12+. The van der Waals surface area contributed by atoms with Crippen LogP contribution in [0, 0.1) is 12.8 Å². The van der Waals surface area contributed by atoms with Crippen molar-refractivity contribution in [2.45, 2.75) is 58.5 Å². The van der Waals surface area contributed by atoms with Crippen molar-refractivity contribution in [1.29, 1.82) is 0 Å².